The molecule has 0 bridgehead atoms. The molecule has 0 saturated heterocycles. The zero-order valence-electron chi connectivity index (χ0n) is 14.8. The van der Waals surface area contributed by atoms with Gasteiger partial charge in [-0.25, -0.2) is 0 Å². The van der Waals surface area contributed by atoms with Crippen molar-refractivity contribution < 1.29 is 23.0 Å². The van der Waals surface area contributed by atoms with Gasteiger partial charge < -0.3 is 9.84 Å². The minimum absolute atomic E-state index is 0.0454. The van der Waals surface area contributed by atoms with Crippen LogP contribution >= 0.6 is 23.4 Å². The summed E-state index contributed by atoms with van der Waals surface area (Å²) in [6, 6.07) is 8.35. The molecule has 0 aliphatic rings. The molecule has 2 aromatic heterocycles. The molecule has 0 radical (unpaired) electrons. The maximum atomic E-state index is 13.0. The molecule has 1 aromatic carbocycles. The van der Waals surface area contributed by atoms with E-state index in [9.17, 15) is 18.3 Å². The van der Waals surface area contributed by atoms with Crippen LogP contribution in [0.2, 0.25) is 5.02 Å². The fourth-order valence-corrected chi connectivity index (χ4v) is 3.48. The summed E-state index contributed by atoms with van der Waals surface area (Å²) in [5.41, 5.74) is 0.406. The Kier molecular flexibility index (Phi) is 6.36. The fourth-order valence-electron chi connectivity index (χ4n) is 2.42. The summed E-state index contributed by atoms with van der Waals surface area (Å²) in [6.07, 6.45) is -3.57. The Morgan fingerprint density at radius 1 is 1.25 bits per heavy atom. The summed E-state index contributed by atoms with van der Waals surface area (Å²) in [6.45, 7) is 2.10. The summed E-state index contributed by atoms with van der Waals surface area (Å²) in [5, 5.41) is 17.8. The minimum Gasteiger partial charge on any atom is -0.491 e. The van der Waals surface area contributed by atoms with Crippen LogP contribution in [-0.2, 0) is 12.6 Å². The third-order valence-corrected chi connectivity index (χ3v) is 5.30. The molecule has 0 amide bonds. The molecule has 5 nitrogen and oxygen atoms in total. The molecule has 10 heteroatoms. The summed E-state index contributed by atoms with van der Waals surface area (Å²) >= 11 is 6.95. The lowest BCUT2D eigenvalue weighted by atomic mass is 10.2. The molecule has 1 atom stereocenters. The largest absolute Gasteiger partial charge is 0.491 e. The molecule has 0 spiro atoms. The highest BCUT2D eigenvalue weighted by Gasteiger charge is 2.32. The van der Waals surface area contributed by atoms with Crippen LogP contribution in [0.5, 0.6) is 5.75 Å². The second kappa shape index (κ2) is 8.59. The van der Waals surface area contributed by atoms with E-state index in [2.05, 4.69) is 17.1 Å². The van der Waals surface area contributed by atoms with Gasteiger partial charge in [0.05, 0.1) is 16.7 Å². The maximum Gasteiger partial charge on any atom is 0.417 e. The number of rotatable bonds is 7. The van der Waals surface area contributed by atoms with Gasteiger partial charge in [-0.1, -0.05) is 42.4 Å². The van der Waals surface area contributed by atoms with Gasteiger partial charge in [-0.2, -0.15) is 13.2 Å². The maximum absolute atomic E-state index is 13.0. The molecule has 1 N–H and O–H groups in total. The Hall–Kier alpha value is -1.97. The predicted octanol–water partition coefficient (Wildman–Crippen LogP) is 4.50. The highest BCUT2D eigenvalue weighted by atomic mass is 35.5. The van der Waals surface area contributed by atoms with Crippen LogP contribution in [0.1, 0.15) is 18.1 Å². The lowest BCUT2D eigenvalue weighted by Crippen LogP contribution is -2.20. The number of aryl methyl sites for hydroxylation is 1. The number of aliphatic hydroxyl groups is 1. The molecule has 0 unspecified atom stereocenters. The molecule has 28 heavy (non-hydrogen) atoms. The average molecular weight is 432 g/mol. The van der Waals surface area contributed by atoms with E-state index in [0.29, 0.717) is 5.75 Å². The van der Waals surface area contributed by atoms with Gasteiger partial charge in [0.25, 0.3) is 0 Å². The van der Waals surface area contributed by atoms with Gasteiger partial charge in [0.1, 0.15) is 12.4 Å². The quantitative estimate of drug-likeness (QED) is 0.558. The Bertz CT molecular complexity index is 948. The number of hydrogen-bond donors (Lipinski definition) is 1. The van der Waals surface area contributed by atoms with Gasteiger partial charge in [-0.3, -0.25) is 4.40 Å². The number of nitrogens with zero attached hydrogens (tertiary/aromatic N) is 3. The molecule has 0 fully saturated rings. The number of pyridine rings is 1. The standard InChI is InChI=1S/C18H17ClF3N3O2S/c1-2-11-3-5-14(6-4-11)27-9-13(26)10-28-17-24-23-16-15(19)7-12(8-25(16)17)18(20,21)22/h3-8,13,26H,2,9-10H2,1H3/t13-/m1/s1. The first-order valence-corrected chi connectivity index (χ1v) is 9.78. The van der Waals surface area contributed by atoms with Crippen LogP contribution in [-0.4, -0.2) is 38.2 Å². The van der Waals surface area contributed by atoms with Crippen molar-refractivity contribution in [2.24, 2.45) is 0 Å². The van der Waals surface area contributed by atoms with Crippen molar-refractivity contribution in [3.05, 3.63) is 52.7 Å². The van der Waals surface area contributed by atoms with Crippen molar-refractivity contribution in [2.75, 3.05) is 12.4 Å². The van der Waals surface area contributed by atoms with Crippen molar-refractivity contribution >= 4 is 29.0 Å². The number of aliphatic hydroxyl groups excluding tert-OH is 1. The van der Waals surface area contributed by atoms with E-state index in [-0.39, 0.29) is 28.2 Å². The summed E-state index contributed by atoms with van der Waals surface area (Å²) in [4.78, 5) is 0. The lowest BCUT2D eigenvalue weighted by molar-refractivity contribution is -0.137. The Balaban J connectivity index is 1.63. The SMILES string of the molecule is CCc1ccc(OC[C@@H](O)CSc2nnc3c(Cl)cc(C(F)(F)F)cn23)cc1. The van der Waals surface area contributed by atoms with E-state index in [0.717, 1.165) is 30.4 Å². The topological polar surface area (TPSA) is 59.7 Å². The monoisotopic (exact) mass is 431 g/mol. The highest BCUT2D eigenvalue weighted by Crippen LogP contribution is 2.33. The van der Waals surface area contributed by atoms with Gasteiger partial charge >= 0.3 is 6.18 Å². The third kappa shape index (κ3) is 4.89. The van der Waals surface area contributed by atoms with Crippen molar-refractivity contribution in [3.63, 3.8) is 0 Å². The molecule has 0 aliphatic carbocycles. The molecular weight excluding hydrogens is 415 g/mol. The molecular formula is C18H17ClF3N3O2S. The summed E-state index contributed by atoms with van der Waals surface area (Å²) in [7, 11) is 0. The van der Waals surface area contributed by atoms with E-state index in [1.165, 1.54) is 9.96 Å². The van der Waals surface area contributed by atoms with Crippen molar-refractivity contribution in [3.8, 4) is 5.75 Å². The zero-order valence-corrected chi connectivity index (χ0v) is 16.4. The number of thioether (sulfide) groups is 1. The van der Waals surface area contributed by atoms with Gasteiger partial charge in [0.15, 0.2) is 10.8 Å². The van der Waals surface area contributed by atoms with Gasteiger partial charge in [0, 0.05) is 11.9 Å². The van der Waals surface area contributed by atoms with Gasteiger partial charge in [-0.15, -0.1) is 10.2 Å². The predicted molar refractivity (Wildman–Crippen MR) is 101 cm³/mol. The Morgan fingerprint density at radius 2 is 1.96 bits per heavy atom. The van der Waals surface area contributed by atoms with Gasteiger partial charge in [0.2, 0.25) is 0 Å². The van der Waals surface area contributed by atoms with Crippen LogP contribution in [0.4, 0.5) is 13.2 Å². The van der Waals surface area contributed by atoms with Gasteiger partial charge in [-0.05, 0) is 30.2 Å². The number of alkyl halides is 3. The summed E-state index contributed by atoms with van der Waals surface area (Å²) < 4.78 is 45.6. The molecule has 3 aromatic rings. The zero-order chi connectivity index (χ0) is 20.3. The number of hydrogen-bond acceptors (Lipinski definition) is 5. The van der Waals surface area contributed by atoms with Crippen molar-refractivity contribution in [2.45, 2.75) is 30.8 Å². The number of ether oxygens (including phenoxy) is 1. The van der Waals surface area contributed by atoms with Crippen LogP contribution in [0.3, 0.4) is 0 Å². The Labute approximate surface area is 168 Å². The first kappa shape index (κ1) is 20.8. The number of halogens is 4. The van der Waals surface area contributed by atoms with Crippen molar-refractivity contribution in [1.29, 1.82) is 0 Å². The molecule has 2 heterocycles. The van der Waals surface area contributed by atoms with Crippen LogP contribution in [0.15, 0.2) is 41.7 Å². The minimum atomic E-state index is -4.54. The van der Waals surface area contributed by atoms with E-state index in [1.54, 1.807) is 0 Å². The fraction of sp³-hybridized carbons (Fsp3) is 0.333. The lowest BCUT2D eigenvalue weighted by Gasteiger charge is -2.12. The number of benzene rings is 1. The van der Waals surface area contributed by atoms with E-state index in [4.69, 9.17) is 16.3 Å². The molecule has 0 aliphatic heterocycles. The van der Waals surface area contributed by atoms with E-state index >= 15 is 0 Å². The molecule has 0 saturated carbocycles. The van der Waals surface area contributed by atoms with Crippen LogP contribution in [0.25, 0.3) is 5.65 Å². The average Bonchev–Trinajstić information content (AvgIpc) is 3.08. The first-order valence-electron chi connectivity index (χ1n) is 8.42. The first-order chi connectivity index (χ1) is 13.3. The number of fused-ring (bicyclic) bond motifs is 1. The van der Waals surface area contributed by atoms with Crippen LogP contribution < -0.4 is 4.74 Å². The normalized spacial score (nSPS) is 13.1. The molecule has 150 valence electrons. The second-order valence-corrected chi connectivity index (χ2v) is 7.42. The summed E-state index contributed by atoms with van der Waals surface area (Å²) in [5.74, 6) is 0.803. The highest BCUT2D eigenvalue weighted by molar-refractivity contribution is 7.99. The molecule has 3 rings (SSSR count). The smallest absolute Gasteiger partial charge is 0.417 e. The van der Waals surface area contributed by atoms with E-state index < -0.39 is 17.8 Å². The number of aromatic nitrogens is 3. The van der Waals surface area contributed by atoms with Crippen LogP contribution in [0, 0.1) is 0 Å². The van der Waals surface area contributed by atoms with Crippen molar-refractivity contribution in [1.82, 2.24) is 14.6 Å². The second-order valence-electron chi connectivity index (χ2n) is 6.02. The third-order valence-electron chi connectivity index (χ3n) is 3.93. The Morgan fingerprint density at radius 3 is 2.61 bits per heavy atom. The van der Waals surface area contributed by atoms with E-state index in [1.807, 2.05) is 24.3 Å².